The number of nitrogens with two attached hydrogens (primary N) is 1. The van der Waals surface area contributed by atoms with Crippen LogP contribution in [0.1, 0.15) is 25.3 Å². The van der Waals surface area contributed by atoms with Crippen LogP contribution in [0.3, 0.4) is 0 Å². The molecule has 0 spiro atoms. The molecule has 1 rings (SSSR count). The van der Waals surface area contributed by atoms with Crippen LogP contribution in [0.2, 0.25) is 0 Å². The highest BCUT2D eigenvalue weighted by Crippen LogP contribution is 2.34. The van der Waals surface area contributed by atoms with E-state index in [4.69, 9.17) is 10.5 Å². The standard InChI is InChI=1S/C14H20F3NO2S/c1-2-3-6-20-8-11(19)9-21-13-5-4-10(7-12(13)18)14(15,16)17/h4-5,7,11,19H,2-3,6,8-9,18H2,1H3. The molecule has 0 fully saturated rings. The molecule has 0 saturated carbocycles. The first kappa shape index (κ1) is 18.1. The van der Waals surface area contributed by atoms with Gasteiger partial charge in [-0.05, 0) is 24.6 Å². The topological polar surface area (TPSA) is 55.5 Å². The Hall–Kier alpha value is -0.920. The van der Waals surface area contributed by atoms with E-state index in [-0.39, 0.29) is 12.3 Å². The van der Waals surface area contributed by atoms with Crippen molar-refractivity contribution < 1.29 is 23.0 Å². The summed E-state index contributed by atoms with van der Waals surface area (Å²) < 4.78 is 42.8. The molecule has 21 heavy (non-hydrogen) atoms. The van der Waals surface area contributed by atoms with Gasteiger partial charge in [-0.15, -0.1) is 11.8 Å². The van der Waals surface area contributed by atoms with E-state index in [2.05, 4.69) is 0 Å². The number of nitrogen functional groups attached to an aromatic ring is 1. The molecule has 1 aromatic rings. The van der Waals surface area contributed by atoms with Crippen LogP contribution in [0.25, 0.3) is 0 Å². The number of alkyl halides is 3. The first-order chi connectivity index (χ1) is 9.84. The van der Waals surface area contributed by atoms with Crippen LogP contribution in [0, 0.1) is 0 Å². The van der Waals surface area contributed by atoms with Crippen LogP contribution >= 0.6 is 11.8 Å². The lowest BCUT2D eigenvalue weighted by Crippen LogP contribution is -2.18. The molecule has 0 saturated heterocycles. The van der Waals surface area contributed by atoms with Crippen LogP contribution in [0.15, 0.2) is 23.1 Å². The average molecular weight is 323 g/mol. The van der Waals surface area contributed by atoms with E-state index in [1.807, 2.05) is 6.92 Å². The molecule has 0 aliphatic heterocycles. The number of thioether (sulfide) groups is 1. The summed E-state index contributed by atoms with van der Waals surface area (Å²) in [4.78, 5) is 0.524. The third-order valence-corrected chi connectivity index (χ3v) is 3.96. The third kappa shape index (κ3) is 6.58. The molecule has 0 bridgehead atoms. The molecule has 3 N–H and O–H groups in total. The number of unbranched alkanes of at least 4 members (excludes halogenated alkanes) is 1. The Morgan fingerprint density at radius 3 is 2.67 bits per heavy atom. The highest BCUT2D eigenvalue weighted by Gasteiger charge is 2.30. The molecule has 0 heterocycles. The highest BCUT2D eigenvalue weighted by atomic mass is 32.2. The van der Waals surface area contributed by atoms with Crippen molar-refractivity contribution >= 4 is 17.4 Å². The maximum Gasteiger partial charge on any atom is 0.416 e. The van der Waals surface area contributed by atoms with E-state index >= 15 is 0 Å². The predicted octanol–water partition coefficient (Wildman–Crippen LogP) is 3.56. The summed E-state index contributed by atoms with van der Waals surface area (Å²) in [6.45, 7) is 2.86. The Bertz CT molecular complexity index is 441. The third-order valence-electron chi connectivity index (χ3n) is 2.72. The van der Waals surface area contributed by atoms with E-state index in [0.29, 0.717) is 17.3 Å². The van der Waals surface area contributed by atoms with Gasteiger partial charge in [-0.1, -0.05) is 13.3 Å². The summed E-state index contributed by atoms with van der Waals surface area (Å²) in [6, 6.07) is 3.22. The van der Waals surface area contributed by atoms with Gasteiger partial charge in [0.25, 0.3) is 0 Å². The van der Waals surface area contributed by atoms with Gasteiger partial charge in [0.1, 0.15) is 0 Å². The van der Waals surface area contributed by atoms with Crippen LogP contribution in [0.5, 0.6) is 0 Å². The van der Waals surface area contributed by atoms with Gasteiger partial charge in [0.05, 0.1) is 18.3 Å². The first-order valence-corrected chi connectivity index (χ1v) is 7.68. The fourth-order valence-electron chi connectivity index (χ4n) is 1.56. The van der Waals surface area contributed by atoms with E-state index in [9.17, 15) is 18.3 Å². The number of benzene rings is 1. The number of anilines is 1. The monoisotopic (exact) mass is 323 g/mol. The van der Waals surface area contributed by atoms with Crippen LogP contribution in [-0.4, -0.2) is 30.2 Å². The number of ether oxygens (including phenoxy) is 1. The minimum atomic E-state index is -4.40. The average Bonchev–Trinajstić information content (AvgIpc) is 2.41. The summed E-state index contributed by atoms with van der Waals surface area (Å²) in [6.07, 6.45) is -3.11. The minimum Gasteiger partial charge on any atom is -0.398 e. The Morgan fingerprint density at radius 1 is 1.38 bits per heavy atom. The molecule has 7 heteroatoms. The van der Waals surface area contributed by atoms with Crippen molar-refractivity contribution in [3.8, 4) is 0 Å². The molecule has 0 radical (unpaired) electrons. The fraction of sp³-hybridized carbons (Fsp3) is 0.571. The number of halogens is 3. The van der Waals surface area contributed by atoms with Gasteiger partial charge in [0.15, 0.2) is 0 Å². The van der Waals surface area contributed by atoms with Gasteiger partial charge < -0.3 is 15.6 Å². The Kier molecular flexibility index (Phi) is 7.34. The van der Waals surface area contributed by atoms with Crippen molar-refractivity contribution in [3.63, 3.8) is 0 Å². The molecule has 0 aliphatic rings. The Morgan fingerprint density at radius 2 is 2.10 bits per heavy atom. The number of hydrogen-bond acceptors (Lipinski definition) is 4. The maximum absolute atomic E-state index is 12.5. The zero-order valence-corrected chi connectivity index (χ0v) is 12.6. The zero-order chi connectivity index (χ0) is 15.9. The largest absolute Gasteiger partial charge is 0.416 e. The molecular formula is C14H20F3NO2S. The van der Waals surface area contributed by atoms with Gasteiger partial charge in [-0.25, -0.2) is 0 Å². The van der Waals surface area contributed by atoms with E-state index in [0.717, 1.165) is 25.0 Å². The van der Waals surface area contributed by atoms with Gasteiger partial charge in [0, 0.05) is 22.9 Å². The normalized spacial score (nSPS) is 13.4. The summed E-state index contributed by atoms with van der Waals surface area (Å²) in [7, 11) is 0. The van der Waals surface area contributed by atoms with Gasteiger partial charge >= 0.3 is 6.18 Å². The number of hydrogen-bond donors (Lipinski definition) is 2. The molecule has 0 aliphatic carbocycles. The van der Waals surface area contributed by atoms with Crippen LogP contribution < -0.4 is 5.73 Å². The van der Waals surface area contributed by atoms with E-state index in [1.54, 1.807) is 0 Å². The summed E-state index contributed by atoms with van der Waals surface area (Å²) in [5.74, 6) is 0.321. The molecule has 1 atom stereocenters. The smallest absolute Gasteiger partial charge is 0.398 e. The summed E-state index contributed by atoms with van der Waals surface area (Å²) >= 11 is 1.22. The predicted molar refractivity (Wildman–Crippen MR) is 78.3 cm³/mol. The minimum absolute atomic E-state index is 0.0638. The first-order valence-electron chi connectivity index (χ1n) is 6.70. The van der Waals surface area contributed by atoms with Gasteiger partial charge in [-0.3, -0.25) is 0 Å². The van der Waals surface area contributed by atoms with Gasteiger partial charge in [0.2, 0.25) is 0 Å². The molecule has 1 unspecified atom stereocenters. The summed E-state index contributed by atoms with van der Waals surface area (Å²) in [5, 5.41) is 9.72. The number of aliphatic hydroxyl groups excluding tert-OH is 1. The molecule has 0 amide bonds. The molecule has 3 nitrogen and oxygen atoms in total. The zero-order valence-electron chi connectivity index (χ0n) is 11.8. The molecule has 120 valence electrons. The Labute approximate surface area is 126 Å². The SMILES string of the molecule is CCCCOCC(O)CSc1ccc(C(F)(F)F)cc1N. The Balaban J connectivity index is 2.45. The maximum atomic E-state index is 12.5. The molecular weight excluding hydrogens is 303 g/mol. The van der Waals surface area contributed by atoms with Crippen LogP contribution in [0.4, 0.5) is 18.9 Å². The number of rotatable bonds is 8. The van der Waals surface area contributed by atoms with Crippen molar-refractivity contribution in [1.82, 2.24) is 0 Å². The fourth-order valence-corrected chi connectivity index (χ4v) is 2.41. The molecule has 0 aromatic heterocycles. The van der Waals surface area contributed by atoms with Gasteiger partial charge in [-0.2, -0.15) is 13.2 Å². The van der Waals surface area contributed by atoms with Crippen molar-refractivity contribution in [2.75, 3.05) is 24.7 Å². The lowest BCUT2D eigenvalue weighted by Gasteiger charge is -2.13. The lowest BCUT2D eigenvalue weighted by molar-refractivity contribution is -0.137. The van der Waals surface area contributed by atoms with E-state index in [1.165, 1.54) is 17.8 Å². The van der Waals surface area contributed by atoms with Crippen molar-refractivity contribution in [1.29, 1.82) is 0 Å². The quantitative estimate of drug-likeness (QED) is 0.436. The van der Waals surface area contributed by atoms with Crippen molar-refractivity contribution in [2.24, 2.45) is 0 Å². The lowest BCUT2D eigenvalue weighted by atomic mass is 10.2. The highest BCUT2D eigenvalue weighted by molar-refractivity contribution is 7.99. The second-order valence-electron chi connectivity index (χ2n) is 4.64. The van der Waals surface area contributed by atoms with Crippen LogP contribution in [-0.2, 0) is 10.9 Å². The second-order valence-corrected chi connectivity index (χ2v) is 5.71. The number of aliphatic hydroxyl groups is 1. The molecule has 1 aromatic carbocycles. The summed E-state index contributed by atoms with van der Waals surface area (Å²) in [5.41, 5.74) is 4.90. The van der Waals surface area contributed by atoms with Crippen molar-refractivity contribution in [3.05, 3.63) is 23.8 Å². The second kappa shape index (κ2) is 8.51. The van der Waals surface area contributed by atoms with Crippen molar-refractivity contribution in [2.45, 2.75) is 36.9 Å². The van der Waals surface area contributed by atoms with E-state index < -0.39 is 17.8 Å².